The molecule has 0 spiro atoms. The van der Waals surface area contributed by atoms with Crippen LogP contribution in [0.15, 0.2) is 0 Å². The van der Waals surface area contributed by atoms with Crippen LogP contribution in [0.3, 0.4) is 0 Å². The molecule has 0 unspecified atom stereocenters. The van der Waals surface area contributed by atoms with Crippen LogP contribution in [0.2, 0.25) is 0 Å². The summed E-state index contributed by atoms with van der Waals surface area (Å²) in [5.41, 5.74) is -0.427. The van der Waals surface area contributed by atoms with E-state index < -0.39 is 5.60 Å². The van der Waals surface area contributed by atoms with E-state index in [0.717, 1.165) is 19.4 Å². The number of ether oxygens (including phenoxy) is 1. The van der Waals surface area contributed by atoms with Crippen molar-refractivity contribution in [2.45, 2.75) is 77.5 Å². The van der Waals surface area contributed by atoms with E-state index in [4.69, 9.17) is 4.74 Å². The molecule has 1 rings (SSSR count). The molecule has 0 aromatic rings. The zero-order valence-electron chi connectivity index (χ0n) is 13.2. The third-order valence-electron chi connectivity index (χ3n) is 3.55. The first kappa shape index (κ1) is 16.3. The van der Waals surface area contributed by atoms with Crippen LogP contribution in [-0.4, -0.2) is 42.3 Å². The molecule has 4 nitrogen and oxygen atoms in total. The molecule has 4 heteroatoms. The number of hydrogen-bond acceptors (Lipinski definition) is 3. The minimum absolute atomic E-state index is 0.165. The van der Waals surface area contributed by atoms with Crippen molar-refractivity contribution >= 4 is 6.09 Å². The molecule has 1 aliphatic rings. The first-order chi connectivity index (χ1) is 8.85. The second-order valence-electron chi connectivity index (χ2n) is 6.59. The predicted octanol–water partition coefficient (Wildman–Crippen LogP) is 3.16. The van der Waals surface area contributed by atoms with Crippen LogP contribution in [0.4, 0.5) is 4.79 Å². The second kappa shape index (κ2) is 7.13. The molecule has 112 valence electrons. The molecule has 1 amide bonds. The number of amides is 1. The lowest BCUT2D eigenvalue weighted by molar-refractivity contribution is 0.00238. The Kier molecular flexibility index (Phi) is 6.11. The lowest BCUT2D eigenvalue weighted by atomic mass is 9.93. The summed E-state index contributed by atoms with van der Waals surface area (Å²) in [7, 11) is 1.92. The molecule has 0 bridgehead atoms. The zero-order valence-corrected chi connectivity index (χ0v) is 13.2. The summed E-state index contributed by atoms with van der Waals surface area (Å²) in [6, 6.07) is 0.509. The molecule has 0 heterocycles. The summed E-state index contributed by atoms with van der Waals surface area (Å²) in [5, 5.41) is 3.16. The highest BCUT2D eigenvalue weighted by Gasteiger charge is 2.32. The molecule has 0 saturated heterocycles. The molecule has 0 radical (unpaired) electrons. The van der Waals surface area contributed by atoms with Crippen molar-refractivity contribution in [1.29, 1.82) is 0 Å². The normalized spacial score (nSPS) is 19.0. The van der Waals surface area contributed by atoms with E-state index in [1.807, 2.05) is 32.7 Å². The quantitative estimate of drug-likeness (QED) is 0.853. The summed E-state index contributed by atoms with van der Waals surface area (Å²) >= 11 is 0. The molecular weight excluding hydrogens is 240 g/mol. The van der Waals surface area contributed by atoms with Gasteiger partial charge in [-0.15, -0.1) is 0 Å². The van der Waals surface area contributed by atoms with E-state index in [1.165, 1.54) is 19.3 Å². The van der Waals surface area contributed by atoms with E-state index in [9.17, 15) is 4.79 Å². The number of hydrogen-bond donors (Lipinski definition) is 1. The van der Waals surface area contributed by atoms with Gasteiger partial charge in [0, 0.05) is 18.6 Å². The van der Waals surface area contributed by atoms with Gasteiger partial charge in [-0.1, -0.05) is 19.3 Å². The monoisotopic (exact) mass is 270 g/mol. The number of carbonyl (C=O) groups is 1. The van der Waals surface area contributed by atoms with Crippen molar-refractivity contribution in [2.75, 3.05) is 13.6 Å². The maximum absolute atomic E-state index is 12.5. The Morgan fingerprint density at radius 3 is 2.37 bits per heavy atom. The minimum atomic E-state index is -0.427. The third-order valence-corrected chi connectivity index (χ3v) is 3.55. The molecule has 1 aliphatic carbocycles. The summed E-state index contributed by atoms with van der Waals surface area (Å²) < 4.78 is 5.58. The van der Waals surface area contributed by atoms with E-state index in [0.29, 0.717) is 6.04 Å². The van der Waals surface area contributed by atoms with Crippen LogP contribution in [0.5, 0.6) is 0 Å². The van der Waals surface area contributed by atoms with Crippen molar-refractivity contribution in [3.8, 4) is 0 Å². The number of carbonyl (C=O) groups excluding carboxylic acids is 1. The molecule has 1 fully saturated rings. The molecule has 0 aromatic heterocycles. The average molecular weight is 270 g/mol. The van der Waals surface area contributed by atoms with Crippen LogP contribution >= 0.6 is 0 Å². The van der Waals surface area contributed by atoms with Crippen LogP contribution in [0, 0.1) is 0 Å². The highest BCUT2D eigenvalue weighted by atomic mass is 16.6. The van der Waals surface area contributed by atoms with Crippen molar-refractivity contribution in [2.24, 2.45) is 0 Å². The summed E-state index contributed by atoms with van der Waals surface area (Å²) in [6.07, 6.45) is 5.77. The van der Waals surface area contributed by atoms with Gasteiger partial charge in [0.05, 0.1) is 0 Å². The lowest BCUT2D eigenvalue weighted by Crippen LogP contribution is -2.51. The smallest absolute Gasteiger partial charge is 0.410 e. The van der Waals surface area contributed by atoms with Gasteiger partial charge in [-0.25, -0.2) is 4.79 Å². The molecule has 19 heavy (non-hydrogen) atoms. The lowest BCUT2D eigenvalue weighted by Gasteiger charge is -2.39. The van der Waals surface area contributed by atoms with Crippen LogP contribution < -0.4 is 5.32 Å². The number of nitrogens with one attached hydrogen (secondary N) is 1. The number of likely N-dealkylation sites (N-methyl/N-ethyl adjacent to an activating group) is 1. The van der Waals surface area contributed by atoms with Gasteiger partial charge in [0.2, 0.25) is 0 Å². The van der Waals surface area contributed by atoms with Crippen molar-refractivity contribution in [3.05, 3.63) is 0 Å². The zero-order chi connectivity index (χ0) is 14.5. The van der Waals surface area contributed by atoms with Crippen LogP contribution in [-0.2, 0) is 4.74 Å². The highest BCUT2D eigenvalue weighted by molar-refractivity contribution is 5.69. The van der Waals surface area contributed by atoms with Gasteiger partial charge >= 0.3 is 6.09 Å². The van der Waals surface area contributed by atoms with Gasteiger partial charge in [-0.2, -0.15) is 0 Å². The van der Waals surface area contributed by atoms with E-state index in [2.05, 4.69) is 12.2 Å². The Bertz CT molecular complexity index is 280. The van der Waals surface area contributed by atoms with Crippen LogP contribution in [0.25, 0.3) is 0 Å². The Morgan fingerprint density at radius 1 is 1.32 bits per heavy atom. The number of nitrogens with zero attached hydrogens (tertiary/aromatic N) is 1. The maximum Gasteiger partial charge on any atom is 0.410 e. The van der Waals surface area contributed by atoms with E-state index in [-0.39, 0.29) is 12.1 Å². The fourth-order valence-electron chi connectivity index (χ4n) is 2.76. The minimum Gasteiger partial charge on any atom is -0.444 e. The molecule has 1 atom stereocenters. The molecular formula is C15H30N2O2. The van der Waals surface area contributed by atoms with Crippen molar-refractivity contribution in [1.82, 2.24) is 10.2 Å². The topological polar surface area (TPSA) is 41.6 Å². The van der Waals surface area contributed by atoms with Gasteiger partial charge in [0.1, 0.15) is 5.60 Å². The van der Waals surface area contributed by atoms with Crippen molar-refractivity contribution in [3.63, 3.8) is 0 Å². The summed E-state index contributed by atoms with van der Waals surface area (Å²) in [6.45, 7) is 8.66. The Morgan fingerprint density at radius 2 is 1.89 bits per heavy atom. The first-order valence-corrected chi connectivity index (χ1v) is 7.51. The SMILES string of the molecule is CNC[C@H](C)N(C(=O)OC(C)(C)C)C1CCCCC1. The van der Waals surface area contributed by atoms with Gasteiger partial charge in [-0.3, -0.25) is 0 Å². The predicted molar refractivity (Wildman–Crippen MR) is 78.3 cm³/mol. The fraction of sp³-hybridized carbons (Fsp3) is 0.933. The van der Waals surface area contributed by atoms with Gasteiger partial charge < -0.3 is 15.0 Å². The Hall–Kier alpha value is -0.770. The van der Waals surface area contributed by atoms with Gasteiger partial charge in [0.15, 0.2) is 0 Å². The summed E-state index contributed by atoms with van der Waals surface area (Å²) in [5.74, 6) is 0. The molecule has 1 N–H and O–H groups in total. The molecule has 1 saturated carbocycles. The maximum atomic E-state index is 12.5. The highest BCUT2D eigenvalue weighted by Crippen LogP contribution is 2.25. The Balaban J connectivity index is 2.75. The fourth-order valence-corrected chi connectivity index (χ4v) is 2.76. The van der Waals surface area contributed by atoms with Gasteiger partial charge in [0.25, 0.3) is 0 Å². The van der Waals surface area contributed by atoms with Crippen LogP contribution in [0.1, 0.15) is 59.8 Å². The van der Waals surface area contributed by atoms with Crippen molar-refractivity contribution < 1.29 is 9.53 Å². The average Bonchev–Trinajstić information content (AvgIpc) is 2.28. The largest absolute Gasteiger partial charge is 0.444 e. The van der Waals surface area contributed by atoms with Gasteiger partial charge in [-0.05, 0) is 47.6 Å². The van der Waals surface area contributed by atoms with E-state index in [1.54, 1.807) is 0 Å². The number of rotatable bonds is 4. The third kappa shape index (κ3) is 5.39. The second-order valence-corrected chi connectivity index (χ2v) is 6.59. The summed E-state index contributed by atoms with van der Waals surface area (Å²) in [4.78, 5) is 14.4. The molecule has 0 aromatic carbocycles. The first-order valence-electron chi connectivity index (χ1n) is 7.51. The van der Waals surface area contributed by atoms with E-state index >= 15 is 0 Å². The standard InChI is InChI=1S/C15H30N2O2/c1-12(11-16-5)17(13-9-7-6-8-10-13)14(18)19-15(2,3)4/h12-13,16H,6-11H2,1-5H3/t12-/m0/s1. The molecule has 0 aliphatic heterocycles. The Labute approximate surface area is 117 Å².